The molecule has 0 aliphatic heterocycles. The summed E-state index contributed by atoms with van der Waals surface area (Å²) in [4.78, 5) is 26.2. The first kappa shape index (κ1) is 13.5. The molecular formula is C12H13N5O3. The highest BCUT2D eigenvalue weighted by molar-refractivity contribution is 5.99. The van der Waals surface area contributed by atoms with E-state index in [-0.39, 0.29) is 23.5 Å². The minimum atomic E-state index is -0.574. The molecule has 1 amide bonds. The Morgan fingerprint density at radius 2 is 2.30 bits per heavy atom. The van der Waals surface area contributed by atoms with E-state index in [1.54, 1.807) is 24.0 Å². The maximum Gasteiger partial charge on any atom is 0.270 e. The van der Waals surface area contributed by atoms with Crippen molar-refractivity contribution in [2.45, 2.75) is 6.54 Å². The molecule has 0 bridgehead atoms. The van der Waals surface area contributed by atoms with Gasteiger partial charge in [0.25, 0.3) is 11.6 Å². The van der Waals surface area contributed by atoms with Gasteiger partial charge >= 0.3 is 0 Å². The summed E-state index contributed by atoms with van der Waals surface area (Å²) in [6.07, 6.45) is 3.37. The van der Waals surface area contributed by atoms with Crippen LogP contribution in [0.3, 0.4) is 0 Å². The number of carbonyl (C=O) groups is 1. The number of carbonyl (C=O) groups excluding carboxylic acids is 1. The second kappa shape index (κ2) is 5.39. The Morgan fingerprint density at radius 1 is 1.55 bits per heavy atom. The van der Waals surface area contributed by atoms with Crippen LogP contribution in [0.15, 0.2) is 30.6 Å². The normalized spacial score (nSPS) is 10.2. The third kappa shape index (κ3) is 2.74. The summed E-state index contributed by atoms with van der Waals surface area (Å²) in [5, 5.41) is 13.3. The molecule has 3 N–H and O–H groups in total. The van der Waals surface area contributed by atoms with Crippen molar-refractivity contribution >= 4 is 17.3 Å². The molecule has 104 valence electrons. The fourth-order valence-electron chi connectivity index (χ4n) is 1.68. The first-order chi connectivity index (χ1) is 9.49. The Bertz CT molecular complexity index is 665. The lowest BCUT2D eigenvalue weighted by atomic mass is 10.1. The molecule has 2 aromatic rings. The molecule has 0 fully saturated rings. The third-order valence-electron chi connectivity index (χ3n) is 2.82. The molecule has 20 heavy (non-hydrogen) atoms. The molecule has 0 radical (unpaired) electrons. The van der Waals surface area contributed by atoms with Gasteiger partial charge in [-0.15, -0.1) is 0 Å². The molecule has 0 spiro atoms. The number of hydrogen-bond donors (Lipinski definition) is 2. The fourth-order valence-corrected chi connectivity index (χ4v) is 1.68. The van der Waals surface area contributed by atoms with E-state index in [2.05, 4.69) is 10.3 Å². The lowest BCUT2D eigenvalue weighted by Gasteiger charge is -2.07. The Morgan fingerprint density at radius 3 is 2.90 bits per heavy atom. The number of aromatic nitrogens is 2. The zero-order valence-corrected chi connectivity index (χ0v) is 10.7. The van der Waals surface area contributed by atoms with E-state index in [1.165, 1.54) is 12.1 Å². The van der Waals surface area contributed by atoms with Crippen molar-refractivity contribution in [3.8, 4) is 0 Å². The Hall–Kier alpha value is -2.90. The number of rotatable bonds is 4. The Balaban J connectivity index is 2.15. The van der Waals surface area contributed by atoms with Crippen LogP contribution >= 0.6 is 0 Å². The van der Waals surface area contributed by atoms with E-state index in [0.29, 0.717) is 5.82 Å². The number of nitro benzene ring substituents is 1. The van der Waals surface area contributed by atoms with Crippen LogP contribution in [-0.2, 0) is 13.6 Å². The van der Waals surface area contributed by atoms with Crippen LogP contribution in [0.25, 0.3) is 0 Å². The number of non-ortho nitro benzene ring substituents is 1. The van der Waals surface area contributed by atoms with Crippen LogP contribution in [0.4, 0.5) is 11.4 Å². The number of benzene rings is 1. The number of nitro groups is 1. The summed E-state index contributed by atoms with van der Waals surface area (Å²) in [5.41, 5.74) is 5.75. The van der Waals surface area contributed by atoms with Gasteiger partial charge in [-0.25, -0.2) is 4.98 Å². The highest BCUT2D eigenvalue weighted by Crippen LogP contribution is 2.19. The van der Waals surface area contributed by atoms with Crippen molar-refractivity contribution in [1.29, 1.82) is 0 Å². The molecule has 0 saturated carbocycles. The summed E-state index contributed by atoms with van der Waals surface area (Å²) < 4.78 is 1.76. The highest BCUT2D eigenvalue weighted by Gasteiger charge is 2.15. The largest absolute Gasteiger partial charge is 0.398 e. The molecule has 1 aromatic heterocycles. The summed E-state index contributed by atoms with van der Waals surface area (Å²) in [6.45, 7) is 0.213. The average Bonchev–Trinajstić information content (AvgIpc) is 2.81. The van der Waals surface area contributed by atoms with E-state index in [1.807, 2.05) is 0 Å². The predicted octanol–water partition coefficient (Wildman–Crippen LogP) is 0.841. The van der Waals surface area contributed by atoms with E-state index in [0.717, 1.165) is 6.07 Å². The maximum atomic E-state index is 12.0. The molecule has 1 heterocycles. The summed E-state index contributed by atoms with van der Waals surface area (Å²) in [5.74, 6) is 0.191. The van der Waals surface area contributed by atoms with Gasteiger partial charge in [-0.05, 0) is 6.07 Å². The van der Waals surface area contributed by atoms with Crippen molar-refractivity contribution in [2.24, 2.45) is 7.05 Å². The Labute approximate surface area is 114 Å². The summed E-state index contributed by atoms with van der Waals surface area (Å²) >= 11 is 0. The summed E-state index contributed by atoms with van der Waals surface area (Å²) in [6, 6.07) is 3.75. The van der Waals surface area contributed by atoms with E-state index >= 15 is 0 Å². The van der Waals surface area contributed by atoms with Gasteiger partial charge in [-0.3, -0.25) is 14.9 Å². The van der Waals surface area contributed by atoms with Crippen LogP contribution in [0.5, 0.6) is 0 Å². The monoisotopic (exact) mass is 275 g/mol. The molecule has 0 atom stereocenters. The van der Waals surface area contributed by atoms with Gasteiger partial charge in [0.2, 0.25) is 0 Å². The van der Waals surface area contributed by atoms with E-state index in [9.17, 15) is 14.9 Å². The van der Waals surface area contributed by atoms with Gasteiger partial charge < -0.3 is 15.6 Å². The van der Waals surface area contributed by atoms with Crippen molar-refractivity contribution < 1.29 is 9.72 Å². The number of hydrogen-bond acceptors (Lipinski definition) is 5. The van der Waals surface area contributed by atoms with Gasteiger partial charge in [-0.1, -0.05) is 0 Å². The number of imidazole rings is 1. The minimum Gasteiger partial charge on any atom is -0.398 e. The zero-order valence-electron chi connectivity index (χ0n) is 10.7. The van der Waals surface area contributed by atoms with Gasteiger partial charge in [0, 0.05) is 37.3 Å². The second-order valence-corrected chi connectivity index (χ2v) is 4.17. The lowest BCUT2D eigenvalue weighted by Crippen LogP contribution is -2.25. The van der Waals surface area contributed by atoms with Gasteiger partial charge in [0.1, 0.15) is 5.82 Å². The summed E-state index contributed by atoms with van der Waals surface area (Å²) in [7, 11) is 1.80. The smallest absolute Gasteiger partial charge is 0.270 e. The third-order valence-corrected chi connectivity index (χ3v) is 2.82. The molecule has 8 nitrogen and oxygen atoms in total. The predicted molar refractivity (Wildman–Crippen MR) is 71.9 cm³/mol. The average molecular weight is 275 g/mol. The molecule has 8 heteroatoms. The van der Waals surface area contributed by atoms with E-state index in [4.69, 9.17) is 5.73 Å². The molecule has 1 aromatic carbocycles. The number of nitrogens with two attached hydrogens (primary N) is 1. The van der Waals surface area contributed by atoms with Crippen molar-refractivity contribution in [3.63, 3.8) is 0 Å². The standard InChI is InChI=1S/C12H13N5O3/c1-16-5-4-14-11(16)7-15-12(18)9-6-8(17(19)20)2-3-10(9)13/h2-6H,7,13H2,1H3,(H,15,18). The SMILES string of the molecule is Cn1ccnc1CNC(=O)c1cc([N+](=O)[O-])ccc1N. The topological polar surface area (TPSA) is 116 Å². The lowest BCUT2D eigenvalue weighted by molar-refractivity contribution is -0.384. The first-order valence-corrected chi connectivity index (χ1v) is 5.77. The van der Waals surface area contributed by atoms with Crippen LogP contribution in [-0.4, -0.2) is 20.4 Å². The molecule has 2 rings (SSSR count). The van der Waals surface area contributed by atoms with Crippen molar-refractivity contribution in [3.05, 3.63) is 52.1 Å². The number of amides is 1. The van der Waals surface area contributed by atoms with Crippen LogP contribution in [0.2, 0.25) is 0 Å². The van der Waals surface area contributed by atoms with Crippen LogP contribution in [0, 0.1) is 10.1 Å². The fraction of sp³-hybridized carbons (Fsp3) is 0.167. The number of nitrogens with zero attached hydrogens (tertiary/aromatic N) is 3. The molecule has 0 aliphatic rings. The van der Waals surface area contributed by atoms with Gasteiger partial charge in [0.15, 0.2) is 0 Å². The van der Waals surface area contributed by atoms with E-state index < -0.39 is 10.8 Å². The zero-order chi connectivity index (χ0) is 14.7. The van der Waals surface area contributed by atoms with Crippen molar-refractivity contribution in [1.82, 2.24) is 14.9 Å². The van der Waals surface area contributed by atoms with Crippen molar-refractivity contribution in [2.75, 3.05) is 5.73 Å². The van der Waals surface area contributed by atoms with Gasteiger partial charge in [0.05, 0.1) is 17.0 Å². The second-order valence-electron chi connectivity index (χ2n) is 4.17. The van der Waals surface area contributed by atoms with Crippen LogP contribution in [0.1, 0.15) is 16.2 Å². The number of aryl methyl sites for hydroxylation is 1. The number of nitrogens with one attached hydrogen (secondary N) is 1. The van der Waals surface area contributed by atoms with Gasteiger partial charge in [-0.2, -0.15) is 0 Å². The molecule has 0 saturated heterocycles. The van der Waals surface area contributed by atoms with Crippen LogP contribution < -0.4 is 11.1 Å². The molecule has 0 unspecified atom stereocenters. The molecular weight excluding hydrogens is 262 g/mol. The minimum absolute atomic E-state index is 0.0772. The Kier molecular flexibility index (Phi) is 3.65. The quantitative estimate of drug-likeness (QED) is 0.487. The highest BCUT2D eigenvalue weighted by atomic mass is 16.6. The first-order valence-electron chi connectivity index (χ1n) is 5.77. The molecule has 0 aliphatic carbocycles. The maximum absolute atomic E-state index is 12.0. The number of nitrogen functional groups attached to an aromatic ring is 1. The number of anilines is 1.